The summed E-state index contributed by atoms with van der Waals surface area (Å²) in [6.07, 6.45) is -17.4. The summed E-state index contributed by atoms with van der Waals surface area (Å²) in [6, 6.07) is 0. The highest BCUT2D eigenvalue weighted by Crippen LogP contribution is 2.48. The second-order valence-corrected chi connectivity index (χ2v) is 5.95. The Labute approximate surface area is 145 Å². The predicted molar refractivity (Wildman–Crippen MR) is 76.8 cm³/mol. The van der Waals surface area contributed by atoms with Crippen LogP contribution in [0.15, 0.2) is 12.2 Å². The molecule has 0 spiro atoms. The van der Waals surface area contributed by atoms with E-state index in [2.05, 4.69) is 16.1 Å². The molecule has 0 aromatic carbocycles. The van der Waals surface area contributed by atoms with Crippen LogP contribution in [0.2, 0.25) is 0 Å². The van der Waals surface area contributed by atoms with Crippen molar-refractivity contribution >= 4 is 11.9 Å². The monoisotopic (exact) mass is 394 g/mol. The Balaban J connectivity index is 5.79. The second-order valence-electron chi connectivity index (χ2n) is 5.95. The molecule has 0 aliphatic heterocycles. The summed E-state index contributed by atoms with van der Waals surface area (Å²) in [7, 11) is 0. The summed E-state index contributed by atoms with van der Waals surface area (Å²) in [6.45, 7) is 7.56. The van der Waals surface area contributed by atoms with Crippen LogP contribution in [0.25, 0.3) is 0 Å². The van der Waals surface area contributed by atoms with Crippen molar-refractivity contribution in [3.8, 4) is 0 Å². The van der Waals surface area contributed by atoms with Crippen LogP contribution in [0, 0.1) is 5.92 Å². The van der Waals surface area contributed by atoms with Crippen LogP contribution in [0.4, 0.5) is 26.3 Å². The number of esters is 2. The summed E-state index contributed by atoms with van der Waals surface area (Å²) >= 11 is 0. The van der Waals surface area contributed by atoms with E-state index in [0.29, 0.717) is 0 Å². The lowest BCUT2D eigenvalue weighted by Crippen LogP contribution is -2.66. The SMILES string of the molecule is C=C(C)C(=O)OC(CC)C(=O)OC(C(C)C)C(O)(C(F)(F)F)C(F)(F)F. The fourth-order valence-electron chi connectivity index (χ4n) is 1.92. The number of aliphatic hydroxyl groups is 1. The third-order valence-corrected chi connectivity index (χ3v) is 3.36. The third-order valence-electron chi connectivity index (χ3n) is 3.36. The van der Waals surface area contributed by atoms with Crippen LogP contribution in [-0.4, -0.2) is 47.2 Å². The van der Waals surface area contributed by atoms with Gasteiger partial charge in [-0.1, -0.05) is 27.4 Å². The first-order chi connectivity index (χ1) is 11.5. The molecule has 0 bridgehead atoms. The minimum Gasteiger partial charge on any atom is -0.456 e. The van der Waals surface area contributed by atoms with Crippen LogP contribution < -0.4 is 0 Å². The molecule has 0 saturated carbocycles. The van der Waals surface area contributed by atoms with Gasteiger partial charge in [0, 0.05) is 5.57 Å². The first kappa shape index (κ1) is 24.2. The van der Waals surface area contributed by atoms with E-state index in [-0.39, 0.29) is 12.0 Å². The fourth-order valence-corrected chi connectivity index (χ4v) is 1.92. The summed E-state index contributed by atoms with van der Waals surface area (Å²) in [5.41, 5.74) is -5.43. The second kappa shape index (κ2) is 8.28. The molecule has 11 heteroatoms. The zero-order valence-corrected chi connectivity index (χ0v) is 14.5. The van der Waals surface area contributed by atoms with Gasteiger partial charge in [-0.2, -0.15) is 26.3 Å². The lowest BCUT2D eigenvalue weighted by Gasteiger charge is -2.40. The molecule has 26 heavy (non-hydrogen) atoms. The molecule has 0 aromatic heterocycles. The van der Waals surface area contributed by atoms with Gasteiger partial charge in [-0.15, -0.1) is 0 Å². The molecular weight excluding hydrogens is 374 g/mol. The average molecular weight is 394 g/mol. The largest absolute Gasteiger partial charge is 0.456 e. The predicted octanol–water partition coefficient (Wildman–Crippen LogP) is 3.31. The van der Waals surface area contributed by atoms with Gasteiger partial charge in [0.1, 0.15) is 0 Å². The lowest BCUT2D eigenvalue weighted by atomic mass is 9.87. The van der Waals surface area contributed by atoms with Crippen molar-refractivity contribution in [2.24, 2.45) is 5.92 Å². The number of halogens is 6. The van der Waals surface area contributed by atoms with E-state index in [1.165, 1.54) is 13.8 Å². The molecule has 2 atom stereocenters. The highest BCUT2D eigenvalue weighted by atomic mass is 19.4. The van der Waals surface area contributed by atoms with Gasteiger partial charge in [-0.3, -0.25) is 0 Å². The Morgan fingerprint density at radius 3 is 1.73 bits per heavy atom. The zero-order valence-electron chi connectivity index (χ0n) is 14.5. The Morgan fingerprint density at radius 2 is 1.46 bits per heavy atom. The molecular formula is C15H20F6O5. The minimum absolute atomic E-state index is 0.140. The van der Waals surface area contributed by atoms with E-state index >= 15 is 0 Å². The Bertz CT molecular complexity index is 524. The molecule has 0 heterocycles. The molecule has 0 aliphatic carbocycles. The number of alkyl halides is 6. The Kier molecular flexibility index (Phi) is 7.71. The molecule has 0 radical (unpaired) electrons. The lowest BCUT2D eigenvalue weighted by molar-refractivity contribution is -0.395. The van der Waals surface area contributed by atoms with E-state index in [4.69, 9.17) is 0 Å². The summed E-state index contributed by atoms with van der Waals surface area (Å²) in [5.74, 6) is -4.29. The standard InChI is InChI=1S/C15H20F6O5/c1-6-9(25-11(22)8(4)5)12(23)26-10(7(2)3)13(24,14(16,17)18)15(19,20)21/h7,9-10,24H,4,6H2,1-3,5H3. The highest BCUT2D eigenvalue weighted by Gasteiger charge is 2.76. The number of carbonyl (C=O) groups is 2. The van der Waals surface area contributed by atoms with Gasteiger partial charge in [-0.05, 0) is 19.3 Å². The number of hydrogen-bond acceptors (Lipinski definition) is 5. The van der Waals surface area contributed by atoms with E-state index in [9.17, 15) is 41.0 Å². The molecule has 0 aromatic rings. The van der Waals surface area contributed by atoms with Gasteiger partial charge in [-0.25, -0.2) is 9.59 Å². The van der Waals surface area contributed by atoms with E-state index in [1.807, 2.05) is 0 Å². The van der Waals surface area contributed by atoms with Gasteiger partial charge < -0.3 is 14.6 Å². The van der Waals surface area contributed by atoms with Crippen molar-refractivity contribution in [1.29, 1.82) is 0 Å². The molecule has 152 valence electrons. The van der Waals surface area contributed by atoms with Gasteiger partial charge in [0.25, 0.3) is 5.60 Å². The fraction of sp³-hybridized carbons (Fsp3) is 0.733. The van der Waals surface area contributed by atoms with Gasteiger partial charge >= 0.3 is 24.3 Å². The summed E-state index contributed by atoms with van der Waals surface area (Å²) in [5, 5.41) is 9.44. The Hall–Kier alpha value is -1.78. The molecule has 5 nitrogen and oxygen atoms in total. The maximum absolute atomic E-state index is 13.0. The topological polar surface area (TPSA) is 72.8 Å². The quantitative estimate of drug-likeness (QED) is 0.408. The molecule has 0 rings (SSSR count). The number of carbonyl (C=O) groups excluding carboxylic acids is 2. The van der Waals surface area contributed by atoms with Crippen LogP contribution in [-0.2, 0) is 19.1 Å². The number of rotatable bonds is 7. The van der Waals surface area contributed by atoms with Gasteiger partial charge in [0.05, 0.1) is 0 Å². The smallest absolute Gasteiger partial charge is 0.430 e. The van der Waals surface area contributed by atoms with Crippen LogP contribution in [0.1, 0.15) is 34.1 Å². The first-order valence-electron chi connectivity index (χ1n) is 7.43. The summed E-state index contributed by atoms with van der Waals surface area (Å²) in [4.78, 5) is 23.4. The van der Waals surface area contributed by atoms with Crippen molar-refractivity contribution in [1.82, 2.24) is 0 Å². The van der Waals surface area contributed by atoms with Crippen LogP contribution in [0.5, 0.6) is 0 Å². The van der Waals surface area contributed by atoms with Crippen LogP contribution in [0.3, 0.4) is 0 Å². The zero-order chi connectivity index (χ0) is 21.1. The van der Waals surface area contributed by atoms with Gasteiger partial charge in [0.15, 0.2) is 12.2 Å². The normalized spacial score (nSPS) is 15.4. The summed E-state index contributed by atoms with van der Waals surface area (Å²) < 4.78 is 87.0. The van der Waals surface area contributed by atoms with Crippen molar-refractivity contribution in [2.45, 2.75) is 64.3 Å². The van der Waals surface area contributed by atoms with E-state index in [1.54, 1.807) is 0 Å². The number of hydrogen-bond donors (Lipinski definition) is 1. The molecule has 0 fully saturated rings. The molecule has 0 aliphatic rings. The van der Waals surface area contributed by atoms with Crippen LogP contribution >= 0.6 is 0 Å². The van der Waals surface area contributed by atoms with Gasteiger partial charge in [0.2, 0.25) is 0 Å². The first-order valence-corrected chi connectivity index (χ1v) is 7.43. The molecule has 0 saturated heterocycles. The average Bonchev–Trinajstić information content (AvgIpc) is 2.45. The maximum Gasteiger partial charge on any atom is 0.430 e. The van der Waals surface area contributed by atoms with E-state index < -0.39 is 48.0 Å². The van der Waals surface area contributed by atoms with E-state index in [0.717, 1.165) is 13.8 Å². The van der Waals surface area contributed by atoms with Crippen molar-refractivity contribution in [2.75, 3.05) is 0 Å². The van der Waals surface area contributed by atoms with Crippen molar-refractivity contribution in [3.63, 3.8) is 0 Å². The molecule has 1 N–H and O–H groups in total. The maximum atomic E-state index is 13.0. The van der Waals surface area contributed by atoms with Crippen molar-refractivity contribution < 1.29 is 50.5 Å². The minimum atomic E-state index is -6.17. The Morgan fingerprint density at radius 1 is 1.04 bits per heavy atom. The van der Waals surface area contributed by atoms with Crippen molar-refractivity contribution in [3.05, 3.63) is 12.2 Å². The molecule has 2 unspecified atom stereocenters. The molecule has 0 amide bonds. The highest BCUT2D eigenvalue weighted by molar-refractivity contribution is 5.89. The third kappa shape index (κ3) is 5.12. The number of ether oxygens (including phenoxy) is 2.